The van der Waals surface area contributed by atoms with Crippen LogP contribution in [0.4, 0.5) is 11.4 Å². The van der Waals surface area contributed by atoms with Crippen molar-refractivity contribution < 1.29 is 4.74 Å². The fraction of sp³-hybridized carbons (Fsp3) is 0.231. The van der Waals surface area contributed by atoms with Crippen molar-refractivity contribution in [1.82, 2.24) is 0 Å². The summed E-state index contributed by atoms with van der Waals surface area (Å²) in [6.45, 7) is 0.850. The Bertz CT molecular complexity index is 542. The Morgan fingerprint density at radius 2 is 2.11 bits per heavy atom. The second-order valence-electron chi connectivity index (χ2n) is 4.05. The van der Waals surface area contributed by atoms with E-state index >= 15 is 0 Å². The van der Waals surface area contributed by atoms with E-state index in [2.05, 4.69) is 32.3 Å². The summed E-state index contributed by atoms with van der Waals surface area (Å²) in [4.78, 5) is 3.45. The van der Waals surface area contributed by atoms with Crippen LogP contribution in [0.25, 0.3) is 0 Å². The maximum Gasteiger partial charge on any atom is 0.122 e. The minimum Gasteiger partial charge on any atom is -0.497 e. The van der Waals surface area contributed by atoms with Gasteiger partial charge >= 0.3 is 0 Å². The van der Waals surface area contributed by atoms with Crippen molar-refractivity contribution in [1.29, 1.82) is 0 Å². The molecule has 18 heavy (non-hydrogen) atoms. The molecule has 2 aromatic rings. The SMILES string of the molecule is COc1cc(N)cc(N(C)Cc2cc(Br)cs2)c1. The highest BCUT2D eigenvalue weighted by Gasteiger charge is 2.07. The molecule has 0 aliphatic carbocycles. The third-order valence-corrected chi connectivity index (χ3v) is 4.29. The summed E-state index contributed by atoms with van der Waals surface area (Å²) >= 11 is 5.20. The van der Waals surface area contributed by atoms with E-state index < -0.39 is 0 Å². The van der Waals surface area contributed by atoms with Gasteiger partial charge in [-0.25, -0.2) is 0 Å². The van der Waals surface area contributed by atoms with Crippen molar-refractivity contribution in [2.75, 3.05) is 24.8 Å². The topological polar surface area (TPSA) is 38.5 Å². The molecule has 0 atom stereocenters. The van der Waals surface area contributed by atoms with Gasteiger partial charge in [0.15, 0.2) is 0 Å². The fourth-order valence-electron chi connectivity index (χ4n) is 1.71. The standard InChI is InChI=1S/C13H15BrN2OS/c1-16(7-13-3-9(14)8-18-13)11-4-10(15)5-12(6-11)17-2/h3-6,8H,7,15H2,1-2H3. The number of hydrogen-bond acceptors (Lipinski definition) is 4. The normalized spacial score (nSPS) is 10.4. The third-order valence-electron chi connectivity index (χ3n) is 2.60. The maximum absolute atomic E-state index is 5.86. The summed E-state index contributed by atoms with van der Waals surface area (Å²) in [6, 6.07) is 7.88. The number of rotatable bonds is 4. The van der Waals surface area contributed by atoms with Gasteiger partial charge in [0.05, 0.1) is 13.7 Å². The van der Waals surface area contributed by atoms with E-state index in [4.69, 9.17) is 10.5 Å². The smallest absolute Gasteiger partial charge is 0.122 e. The monoisotopic (exact) mass is 326 g/mol. The molecule has 0 aliphatic heterocycles. The Kier molecular flexibility index (Phi) is 4.14. The zero-order valence-electron chi connectivity index (χ0n) is 10.3. The largest absolute Gasteiger partial charge is 0.497 e. The number of hydrogen-bond donors (Lipinski definition) is 1. The Hall–Kier alpha value is -1.20. The van der Waals surface area contributed by atoms with E-state index in [9.17, 15) is 0 Å². The minimum absolute atomic E-state index is 0.712. The molecule has 1 aromatic carbocycles. The van der Waals surface area contributed by atoms with Crippen LogP contribution in [0.2, 0.25) is 0 Å². The maximum atomic E-state index is 5.86. The molecule has 96 valence electrons. The number of ether oxygens (including phenoxy) is 1. The van der Waals surface area contributed by atoms with Crippen LogP contribution < -0.4 is 15.4 Å². The lowest BCUT2D eigenvalue weighted by Crippen LogP contribution is -2.15. The Morgan fingerprint density at radius 1 is 1.33 bits per heavy atom. The molecule has 0 saturated heterocycles. The van der Waals surface area contributed by atoms with E-state index in [0.29, 0.717) is 5.69 Å². The first-order valence-electron chi connectivity index (χ1n) is 5.47. The summed E-state index contributed by atoms with van der Waals surface area (Å²) in [5.74, 6) is 0.782. The van der Waals surface area contributed by atoms with E-state index in [1.54, 1.807) is 18.4 Å². The molecule has 5 heteroatoms. The number of methoxy groups -OCH3 is 1. The van der Waals surface area contributed by atoms with Gasteiger partial charge in [-0.05, 0) is 28.1 Å². The molecule has 0 radical (unpaired) electrons. The number of thiophene rings is 1. The van der Waals surface area contributed by atoms with Crippen molar-refractivity contribution in [3.8, 4) is 5.75 Å². The molecule has 0 bridgehead atoms. The fourth-order valence-corrected chi connectivity index (χ4v) is 3.21. The van der Waals surface area contributed by atoms with E-state index in [1.807, 2.05) is 25.2 Å². The molecule has 2 rings (SSSR count). The van der Waals surface area contributed by atoms with Gasteiger partial charge in [-0.3, -0.25) is 0 Å². The highest BCUT2D eigenvalue weighted by atomic mass is 79.9. The molecule has 3 nitrogen and oxygen atoms in total. The second-order valence-corrected chi connectivity index (χ2v) is 5.96. The van der Waals surface area contributed by atoms with Crippen LogP contribution >= 0.6 is 27.3 Å². The van der Waals surface area contributed by atoms with Crippen LogP contribution in [0.3, 0.4) is 0 Å². The summed E-state index contributed by atoms with van der Waals surface area (Å²) in [6.07, 6.45) is 0. The lowest BCUT2D eigenvalue weighted by Gasteiger charge is -2.19. The number of anilines is 2. The van der Waals surface area contributed by atoms with Crippen molar-refractivity contribution in [3.05, 3.63) is 39.0 Å². The first-order chi connectivity index (χ1) is 8.58. The average Bonchev–Trinajstić information content (AvgIpc) is 2.73. The van der Waals surface area contributed by atoms with Crippen molar-refractivity contribution >= 4 is 38.6 Å². The van der Waals surface area contributed by atoms with Crippen LogP contribution in [0.1, 0.15) is 4.88 Å². The zero-order chi connectivity index (χ0) is 13.1. The summed E-state index contributed by atoms with van der Waals surface area (Å²) in [7, 11) is 3.69. The van der Waals surface area contributed by atoms with Gasteiger partial charge in [0, 0.05) is 45.3 Å². The number of nitrogens with two attached hydrogens (primary N) is 1. The van der Waals surface area contributed by atoms with Gasteiger partial charge < -0.3 is 15.4 Å². The van der Waals surface area contributed by atoms with Gasteiger partial charge in [0.1, 0.15) is 5.75 Å². The van der Waals surface area contributed by atoms with Crippen molar-refractivity contribution in [3.63, 3.8) is 0 Å². The predicted octanol–water partition coefficient (Wildman–Crippen LogP) is 3.74. The number of nitrogens with zero attached hydrogens (tertiary/aromatic N) is 1. The summed E-state index contributed by atoms with van der Waals surface area (Å²) in [5.41, 5.74) is 7.62. The number of benzene rings is 1. The molecular formula is C13H15BrN2OS. The van der Waals surface area contributed by atoms with Crippen LogP contribution in [0.15, 0.2) is 34.1 Å². The Morgan fingerprint density at radius 3 is 2.72 bits per heavy atom. The Balaban J connectivity index is 2.17. The molecule has 0 amide bonds. The van der Waals surface area contributed by atoms with Gasteiger partial charge in [-0.2, -0.15) is 0 Å². The van der Waals surface area contributed by atoms with Gasteiger partial charge in [-0.1, -0.05) is 0 Å². The quantitative estimate of drug-likeness (QED) is 0.870. The summed E-state index contributed by atoms with van der Waals surface area (Å²) in [5, 5.41) is 2.09. The molecule has 1 aromatic heterocycles. The molecule has 1 heterocycles. The molecule has 0 spiro atoms. The highest BCUT2D eigenvalue weighted by Crippen LogP contribution is 2.27. The second kappa shape index (κ2) is 5.63. The third kappa shape index (κ3) is 3.17. The van der Waals surface area contributed by atoms with Crippen molar-refractivity contribution in [2.24, 2.45) is 0 Å². The van der Waals surface area contributed by atoms with Gasteiger partial charge in [0.2, 0.25) is 0 Å². The van der Waals surface area contributed by atoms with Gasteiger partial charge in [-0.15, -0.1) is 11.3 Å². The molecular weight excluding hydrogens is 312 g/mol. The lowest BCUT2D eigenvalue weighted by atomic mass is 10.2. The van der Waals surface area contributed by atoms with Crippen molar-refractivity contribution in [2.45, 2.75) is 6.54 Å². The number of halogens is 1. The van der Waals surface area contributed by atoms with Crippen LogP contribution in [-0.4, -0.2) is 14.2 Å². The van der Waals surface area contributed by atoms with E-state index in [0.717, 1.165) is 22.5 Å². The molecule has 2 N–H and O–H groups in total. The first-order valence-corrected chi connectivity index (χ1v) is 7.14. The van der Waals surface area contributed by atoms with Crippen LogP contribution in [-0.2, 0) is 6.54 Å². The molecule has 0 aliphatic rings. The summed E-state index contributed by atoms with van der Waals surface area (Å²) < 4.78 is 6.35. The van der Waals surface area contributed by atoms with Gasteiger partial charge in [0.25, 0.3) is 0 Å². The number of nitrogen functional groups attached to an aromatic ring is 1. The predicted molar refractivity (Wildman–Crippen MR) is 81.5 cm³/mol. The van der Waals surface area contributed by atoms with Crippen LogP contribution in [0.5, 0.6) is 5.75 Å². The highest BCUT2D eigenvalue weighted by molar-refractivity contribution is 9.10. The van der Waals surface area contributed by atoms with Crippen LogP contribution in [0, 0.1) is 0 Å². The lowest BCUT2D eigenvalue weighted by molar-refractivity contribution is 0.415. The minimum atomic E-state index is 0.712. The Labute approximate surface area is 119 Å². The molecule has 0 fully saturated rings. The first kappa shape index (κ1) is 13.2. The van der Waals surface area contributed by atoms with E-state index in [1.165, 1.54) is 4.88 Å². The average molecular weight is 327 g/mol. The molecule has 0 saturated carbocycles. The van der Waals surface area contributed by atoms with E-state index in [-0.39, 0.29) is 0 Å². The zero-order valence-corrected chi connectivity index (χ0v) is 12.7. The molecule has 0 unspecified atom stereocenters.